The Kier molecular flexibility index (Phi) is 6.59. The van der Waals surface area contributed by atoms with Gasteiger partial charge in [-0.3, -0.25) is 4.98 Å². The average molecular weight is 352 g/mol. The Labute approximate surface area is 137 Å². The fourth-order valence-corrected chi connectivity index (χ4v) is 2.42. The zero-order chi connectivity index (χ0) is 17.8. The van der Waals surface area contributed by atoms with Crippen LogP contribution in [0, 0.1) is 6.92 Å². The highest BCUT2D eigenvalue weighted by Gasteiger charge is 2.27. The summed E-state index contributed by atoms with van der Waals surface area (Å²) >= 11 is 0. The third kappa shape index (κ3) is 6.87. The van der Waals surface area contributed by atoms with Gasteiger partial charge in [0, 0.05) is 0 Å². The van der Waals surface area contributed by atoms with E-state index >= 15 is 0 Å². The molecule has 0 aliphatic heterocycles. The van der Waals surface area contributed by atoms with Gasteiger partial charge in [-0.15, -0.1) is 0 Å². The second-order valence-electron chi connectivity index (χ2n) is 6.31. The summed E-state index contributed by atoms with van der Waals surface area (Å²) in [6.45, 7) is 8.71. The predicted octanol–water partition coefficient (Wildman–Crippen LogP) is 3.83. The molecule has 1 aromatic heterocycles. The number of rotatable bonds is 6. The van der Waals surface area contributed by atoms with E-state index in [4.69, 9.17) is 4.74 Å². The van der Waals surface area contributed by atoms with Crippen molar-refractivity contribution in [3.8, 4) is 5.75 Å². The van der Waals surface area contributed by atoms with Gasteiger partial charge in [0.15, 0.2) is 0 Å². The zero-order valence-corrected chi connectivity index (χ0v) is 14.8. The molecule has 0 bridgehead atoms. The van der Waals surface area contributed by atoms with Crippen molar-refractivity contribution >= 4 is 11.0 Å². The van der Waals surface area contributed by atoms with Crippen molar-refractivity contribution in [1.82, 2.24) is 9.71 Å². The van der Waals surface area contributed by atoms with Crippen LogP contribution in [0.1, 0.15) is 51.4 Å². The van der Waals surface area contributed by atoms with E-state index in [1.54, 1.807) is 13.0 Å². The molecule has 0 aromatic carbocycles. The Morgan fingerprint density at radius 3 is 2.43 bits per heavy atom. The number of aromatic nitrogens is 1. The number of nitrogens with one attached hydrogen (secondary N) is 1. The Hall–Kier alpha value is -1.15. The third-order valence-corrected chi connectivity index (χ3v) is 4.69. The Balaban J connectivity index is 2.70. The molecule has 1 unspecified atom stereocenters. The standard InChI is InChI=1S/C15H23F3N2O2S/c1-10-8-12(11(2)20-23(21)14(3,4)5)19-9-13(10)22-7-6-15(16,17)18/h8-9,11,20H,6-7H2,1-5H3/t11?,23-/m0/s1. The Bertz CT molecular complexity index is 557. The number of aryl methyl sites for hydroxylation is 1. The molecule has 1 aromatic rings. The van der Waals surface area contributed by atoms with Crippen LogP contribution in [0.3, 0.4) is 0 Å². The van der Waals surface area contributed by atoms with Crippen LogP contribution < -0.4 is 9.46 Å². The molecule has 23 heavy (non-hydrogen) atoms. The van der Waals surface area contributed by atoms with Crippen LogP contribution >= 0.6 is 0 Å². The van der Waals surface area contributed by atoms with Crippen molar-refractivity contribution in [1.29, 1.82) is 0 Å². The molecule has 0 spiro atoms. The van der Waals surface area contributed by atoms with Crippen LogP contribution in [0.15, 0.2) is 12.3 Å². The minimum absolute atomic E-state index is 0.252. The average Bonchev–Trinajstić information content (AvgIpc) is 2.37. The summed E-state index contributed by atoms with van der Waals surface area (Å²) in [5.74, 6) is 0.321. The number of ether oxygens (including phenoxy) is 1. The first-order valence-electron chi connectivity index (χ1n) is 7.24. The van der Waals surface area contributed by atoms with Crippen molar-refractivity contribution < 1.29 is 22.1 Å². The van der Waals surface area contributed by atoms with E-state index < -0.39 is 34.9 Å². The third-order valence-electron chi connectivity index (χ3n) is 3.01. The second-order valence-corrected chi connectivity index (χ2v) is 8.31. The second kappa shape index (κ2) is 7.61. The summed E-state index contributed by atoms with van der Waals surface area (Å²) in [4.78, 5) is 4.19. The van der Waals surface area contributed by atoms with Gasteiger partial charge >= 0.3 is 6.18 Å². The molecule has 0 radical (unpaired) electrons. The SMILES string of the molecule is Cc1cc(C(C)N[S@@](=O)C(C)(C)C)ncc1OCCC(F)(F)F. The minimum Gasteiger partial charge on any atom is -0.491 e. The largest absolute Gasteiger partial charge is 0.491 e. The van der Waals surface area contributed by atoms with E-state index in [0.717, 1.165) is 0 Å². The summed E-state index contributed by atoms with van der Waals surface area (Å²) in [5, 5.41) is 0. The molecule has 132 valence electrons. The lowest BCUT2D eigenvalue weighted by Gasteiger charge is -2.22. The fraction of sp³-hybridized carbons (Fsp3) is 0.667. The van der Waals surface area contributed by atoms with Crippen molar-refractivity contribution in [2.24, 2.45) is 0 Å². The smallest absolute Gasteiger partial charge is 0.392 e. The monoisotopic (exact) mass is 352 g/mol. The lowest BCUT2D eigenvalue weighted by molar-refractivity contribution is -0.139. The maximum absolute atomic E-state index is 12.1. The highest BCUT2D eigenvalue weighted by molar-refractivity contribution is 7.84. The van der Waals surface area contributed by atoms with Crippen LogP contribution in [0.2, 0.25) is 0 Å². The Morgan fingerprint density at radius 1 is 1.35 bits per heavy atom. The van der Waals surface area contributed by atoms with Gasteiger partial charge in [-0.25, -0.2) is 8.93 Å². The van der Waals surface area contributed by atoms with Gasteiger partial charge in [0.1, 0.15) is 5.75 Å². The van der Waals surface area contributed by atoms with Gasteiger partial charge < -0.3 is 4.74 Å². The van der Waals surface area contributed by atoms with Crippen LogP contribution in [0.25, 0.3) is 0 Å². The summed E-state index contributed by atoms with van der Waals surface area (Å²) < 4.78 is 56.1. The molecule has 1 heterocycles. The molecule has 0 saturated heterocycles. The fourth-order valence-electron chi connectivity index (χ4n) is 1.63. The van der Waals surface area contributed by atoms with Crippen LogP contribution in [0.4, 0.5) is 13.2 Å². The van der Waals surface area contributed by atoms with E-state index in [9.17, 15) is 17.4 Å². The maximum atomic E-state index is 12.1. The van der Waals surface area contributed by atoms with E-state index in [2.05, 4.69) is 9.71 Å². The van der Waals surface area contributed by atoms with Gasteiger partial charge in [0.25, 0.3) is 0 Å². The van der Waals surface area contributed by atoms with Gasteiger partial charge in [0.2, 0.25) is 0 Å². The minimum atomic E-state index is -4.24. The quantitative estimate of drug-likeness (QED) is 0.846. The van der Waals surface area contributed by atoms with Crippen molar-refractivity contribution in [3.05, 3.63) is 23.5 Å². The molecule has 1 N–H and O–H groups in total. The molecule has 4 nitrogen and oxygen atoms in total. The maximum Gasteiger partial charge on any atom is 0.392 e. The van der Waals surface area contributed by atoms with Crippen LogP contribution in [-0.2, 0) is 11.0 Å². The van der Waals surface area contributed by atoms with Gasteiger partial charge in [0.05, 0.1) is 46.7 Å². The van der Waals surface area contributed by atoms with Gasteiger partial charge in [-0.1, -0.05) is 0 Å². The summed E-state index contributed by atoms with van der Waals surface area (Å²) in [7, 11) is -1.24. The molecule has 1 rings (SSSR count). The number of halogens is 3. The summed E-state index contributed by atoms with van der Waals surface area (Å²) in [6.07, 6.45) is -3.84. The van der Waals surface area contributed by atoms with Crippen LogP contribution in [-0.4, -0.2) is 26.7 Å². The molecular formula is C15H23F3N2O2S. The van der Waals surface area contributed by atoms with Crippen molar-refractivity contribution in [2.45, 2.75) is 58.0 Å². The Morgan fingerprint density at radius 2 is 1.96 bits per heavy atom. The highest BCUT2D eigenvalue weighted by atomic mass is 32.2. The molecule has 0 amide bonds. The van der Waals surface area contributed by atoms with E-state index in [0.29, 0.717) is 17.0 Å². The molecule has 2 atom stereocenters. The van der Waals surface area contributed by atoms with Crippen molar-refractivity contribution in [3.63, 3.8) is 0 Å². The number of nitrogens with zero attached hydrogens (tertiary/aromatic N) is 1. The highest BCUT2D eigenvalue weighted by Crippen LogP contribution is 2.24. The molecule has 0 fully saturated rings. The predicted molar refractivity (Wildman–Crippen MR) is 84.6 cm³/mol. The summed E-state index contributed by atoms with van der Waals surface area (Å²) in [5.41, 5.74) is 1.34. The molecule has 8 heteroatoms. The van der Waals surface area contributed by atoms with Gasteiger partial charge in [-0.2, -0.15) is 13.2 Å². The molecule has 0 aliphatic rings. The number of hydrogen-bond acceptors (Lipinski definition) is 3. The molecular weight excluding hydrogens is 329 g/mol. The number of alkyl halides is 3. The normalized spacial score (nSPS) is 15.3. The first-order valence-corrected chi connectivity index (χ1v) is 8.39. The number of hydrogen-bond donors (Lipinski definition) is 1. The number of pyridine rings is 1. The zero-order valence-electron chi connectivity index (χ0n) is 14.0. The van der Waals surface area contributed by atoms with E-state index in [1.165, 1.54) is 6.20 Å². The summed E-state index contributed by atoms with van der Waals surface area (Å²) in [6, 6.07) is 1.47. The van der Waals surface area contributed by atoms with Crippen molar-refractivity contribution in [2.75, 3.05) is 6.61 Å². The first kappa shape index (κ1) is 19.9. The van der Waals surface area contributed by atoms with E-state index in [-0.39, 0.29) is 6.04 Å². The lowest BCUT2D eigenvalue weighted by atomic mass is 10.1. The first-order chi connectivity index (χ1) is 10.4. The lowest BCUT2D eigenvalue weighted by Crippen LogP contribution is -2.35. The van der Waals surface area contributed by atoms with E-state index in [1.807, 2.05) is 27.7 Å². The van der Waals surface area contributed by atoms with Gasteiger partial charge in [-0.05, 0) is 46.2 Å². The molecule has 0 saturated carbocycles. The molecule has 0 aliphatic carbocycles. The topological polar surface area (TPSA) is 51.2 Å². The van der Waals surface area contributed by atoms with Crippen LogP contribution in [0.5, 0.6) is 5.75 Å².